The molecule has 0 saturated heterocycles. The highest BCUT2D eigenvalue weighted by atomic mass is 35.5. The third kappa shape index (κ3) is 1.29. The van der Waals surface area contributed by atoms with Crippen molar-refractivity contribution in [3.8, 4) is 11.4 Å². The van der Waals surface area contributed by atoms with Gasteiger partial charge >= 0.3 is 0 Å². The number of halogens is 1. The second-order valence-corrected chi connectivity index (χ2v) is 2.51. The second-order valence-electron chi connectivity index (χ2n) is 2.17. The van der Waals surface area contributed by atoms with Crippen LogP contribution in [-0.4, -0.2) is 20.2 Å². The van der Waals surface area contributed by atoms with Gasteiger partial charge in [0.2, 0.25) is 5.28 Å². The van der Waals surface area contributed by atoms with Crippen molar-refractivity contribution in [1.29, 1.82) is 0 Å². The van der Waals surface area contributed by atoms with E-state index < -0.39 is 0 Å². The van der Waals surface area contributed by atoms with Crippen LogP contribution < -0.4 is 0 Å². The molecule has 2 aromatic rings. The summed E-state index contributed by atoms with van der Waals surface area (Å²) in [7, 11) is 0. The van der Waals surface area contributed by atoms with Crippen molar-refractivity contribution in [2.45, 2.75) is 0 Å². The summed E-state index contributed by atoms with van der Waals surface area (Å²) < 4.78 is 0. The van der Waals surface area contributed by atoms with Crippen LogP contribution in [0.4, 0.5) is 0 Å². The highest BCUT2D eigenvalue weighted by Crippen LogP contribution is 2.13. The summed E-state index contributed by atoms with van der Waals surface area (Å²) in [6.07, 6.45) is 3.32. The summed E-state index contributed by atoms with van der Waals surface area (Å²) in [5.41, 5.74) is 1.48. The monoisotopic (exact) mass is 180 g/mol. The van der Waals surface area contributed by atoms with Crippen molar-refractivity contribution >= 4 is 11.6 Å². The van der Waals surface area contributed by atoms with Gasteiger partial charge in [0.1, 0.15) is 5.69 Å². The predicted molar refractivity (Wildman–Crippen MR) is 44.6 cm³/mol. The van der Waals surface area contributed by atoms with E-state index in [4.69, 9.17) is 11.6 Å². The smallest absolute Gasteiger partial charge is 0.222 e. The summed E-state index contributed by atoms with van der Waals surface area (Å²) in [6, 6.07) is 3.57. The summed E-state index contributed by atoms with van der Waals surface area (Å²) in [6.45, 7) is 0. The minimum atomic E-state index is 0.232. The number of nitrogens with zero attached hydrogens (tertiary/aromatic N) is 3. The molecule has 2 rings (SSSR count). The molecule has 0 bridgehead atoms. The molecule has 0 fully saturated rings. The Morgan fingerprint density at radius 3 is 2.83 bits per heavy atom. The molecule has 0 atom stereocenters. The quantitative estimate of drug-likeness (QED) is 0.677. The van der Waals surface area contributed by atoms with Crippen LogP contribution in [0, 0.1) is 0 Å². The lowest BCUT2D eigenvalue weighted by Crippen LogP contribution is -1.86. The van der Waals surface area contributed by atoms with Crippen LogP contribution in [0.1, 0.15) is 0 Å². The highest BCUT2D eigenvalue weighted by Gasteiger charge is 2.01. The molecular weight excluding hydrogens is 176 g/mol. The molecular formula is C7H5ClN4. The number of aromatic amines is 1. The zero-order chi connectivity index (χ0) is 8.39. The third-order valence-corrected chi connectivity index (χ3v) is 1.57. The summed E-state index contributed by atoms with van der Waals surface area (Å²) >= 11 is 5.60. The van der Waals surface area contributed by atoms with Gasteiger partial charge < -0.3 is 0 Å². The van der Waals surface area contributed by atoms with Crippen LogP contribution in [0.5, 0.6) is 0 Å². The molecule has 0 unspecified atom stereocenters. The van der Waals surface area contributed by atoms with E-state index in [0.717, 1.165) is 11.4 Å². The largest absolute Gasteiger partial charge is 0.285 e. The molecule has 12 heavy (non-hydrogen) atoms. The fourth-order valence-electron chi connectivity index (χ4n) is 0.880. The zero-order valence-electron chi connectivity index (χ0n) is 6.03. The molecule has 0 radical (unpaired) electrons. The zero-order valence-corrected chi connectivity index (χ0v) is 6.78. The SMILES string of the molecule is Clc1nccc(-c2cc[nH]n2)n1. The number of hydrogen-bond acceptors (Lipinski definition) is 3. The first-order valence-corrected chi connectivity index (χ1v) is 3.73. The van der Waals surface area contributed by atoms with E-state index in [1.54, 1.807) is 18.5 Å². The average molecular weight is 181 g/mol. The molecule has 2 heterocycles. The van der Waals surface area contributed by atoms with Gasteiger partial charge in [0.05, 0.1) is 5.69 Å². The highest BCUT2D eigenvalue weighted by molar-refractivity contribution is 6.28. The molecule has 0 spiro atoms. The van der Waals surface area contributed by atoms with Crippen molar-refractivity contribution in [3.63, 3.8) is 0 Å². The first-order chi connectivity index (χ1) is 5.86. The number of rotatable bonds is 1. The molecule has 0 aliphatic rings. The fraction of sp³-hybridized carbons (Fsp3) is 0. The Morgan fingerprint density at radius 2 is 2.17 bits per heavy atom. The number of hydrogen-bond donors (Lipinski definition) is 1. The normalized spacial score (nSPS) is 10.1. The molecule has 0 aliphatic heterocycles. The lowest BCUT2D eigenvalue weighted by Gasteiger charge is -1.93. The summed E-state index contributed by atoms with van der Waals surface area (Å²) in [4.78, 5) is 7.75. The third-order valence-electron chi connectivity index (χ3n) is 1.39. The number of H-pyrrole nitrogens is 1. The van der Waals surface area contributed by atoms with Gasteiger partial charge in [-0.1, -0.05) is 0 Å². The molecule has 0 saturated carbocycles. The first kappa shape index (κ1) is 7.24. The Labute approximate surface area is 73.6 Å². The summed E-state index contributed by atoms with van der Waals surface area (Å²) in [5.74, 6) is 0. The second kappa shape index (κ2) is 2.91. The van der Waals surface area contributed by atoms with Gasteiger partial charge in [-0.15, -0.1) is 0 Å². The average Bonchev–Trinajstić information content (AvgIpc) is 2.56. The Hall–Kier alpha value is -1.42. The van der Waals surface area contributed by atoms with Crippen LogP contribution in [-0.2, 0) is 0 Å². The molecule has 0 amide bonds. The number of nitrogens with one attached hydrogen (secondary N) is 1. The fourth-order valence-corrected chi connectivity index (χ4v) is 1.03. The van der Waals surface area contributed by atoms with Crippen LogP contribution in [0.3, 0.4) is 0 Å². The predicted octanol–water partition coefficient (Wildman–Crippen LogP) is 1.52. The van der Waals surface area contributed by atoms with Gasteiger partial charge in [-0.25, -0.2) is 9.97 Å². The van der Waals surface area contributed by atoms with Gasteiger partial charge in [-0.05, 0) is 23.7 Å². The van der Waals surface area contributed by atoms with Crippen molar-refractivity contribution in [3.05, 3.63) is 29.8 Å². The molecule has 0 aliphatic carbocycles. The minimum Gasteiger partial charge on any atom is -0.285 e. The Bertz CT molecular complexity index is 371. The Morgan fingerprint density at radius 1 is 1.25 bits per heavy atom. The van der Waals surface area contributed by atoms with E-state index in [-0.39, 0.29) is 5.28 Å². The molecule has 5 heteroatoms. The van der Waals surface area contributed by atoms with Crippen LogP contribution in [0.2, 0.25) is 5.28 Å². The van der Waals surface area contributed by atoms with E-state index in [1.807, 2.05) is 6.07 Å². The van der Waals surface area contributed by atoms with E-state index in [1.165, 1.54) is 0 Å². The van der Waals surface area contributed by atoms with E-state index in [0.29, 0.717) is 0 Å². The van der Waals surface area contributed by atoms with Gasteiger partial charge in [0.15, 0.2) is 0 Å². The molecule has 2 aromatic heterocycles. The van der Waals surface area contributed by atoms with Gasteiger partial charge in [0.25, 0.3) is 0 Å². The van der Waals surface area contributed by atoms with Gasteiger partial charge in [0, 0.05) is 12.4 Å². The van der Waals surface area contributed by atoms with Crippen molar-refractivity contribution in [1.82, 2.24) is 20.2 Å². The Kier molecular flexibility index (Phi) is 1.75. The molecule has 4 nitrogen and oxygen atoms in total. The van der Waals surface area contributed by atoms with E-state index in [9.17, 15) is 0 Å². The molecule has 1 N–H and O–H groups in total. The maximum atomic E-state index is 5.60. The van der Waals surface area contributed by atoms with Crippen molar-refractivity contribution in [2.24, 2.45) is 0 Å². The minimum absolute atomic E-state index is 0.232. The number of aromatic nitrogens is 4. The molecule has 0 aromatic carbocycles. The lowest BCUT2D eigenvalue weighted by molar-refractivity contribution is 1.08. The van der Waals surface area contributed by atoms with Crippen LogP contribution in [0.25, 0.3) is 11.4 Å². The van der Waals surface area contributed by atoms with Gasteiger partial charge in [-0.2, -0.15) is 5.10 Å². The van der Waals surface area contributed by atoms with Crippen LogP contribution >= 0.6 is 11.6 Å². The maximum Gasteiger partial charge on any atom is 0.222 e. The molecule has 60 valence electrons. The van der Waals surface area contributed by atoms with Crippen LogP contribution in [0.15, 0.2) is 24.5 Å². The van der Waals surface area contributed by atoms with Crippen molar-refractivity contribution in [2.75, 3.05) is 0 Å². The standard InChI is InChI=1S/C7H5ClN4/c8-7-9-3-1-5(11-7)6-2-4-10-12-6/h1-4H,(H,10,12). The maximum absolute atomic E-state index is 5.60. The Balaban J connectivity index is 2.48. The first-order valence-electron chi connectivity index (χ1n) is 3.35. The van der Waals surface area contributed by atoms with E-state index >= 15 is 0 Å². The summed E-state index contributed by atoms with van der Waals surface area (Å²) in [5, 5.41) is 6.88. The van der Waals surface area contributed by atoms with Gasteiger partial charge in [-0.3, -0.25) is 5.10 Å². The lowest BCUT2D eigenvalue weighted by atomic mass is 10.3. The topological polar surface area (TPSA) is 54.5 Å². The van der Waals surface area contributed by atoms with Crippen molar-refractivity contribution < 1.29 is 0 Å². The van der Waals surface area contributed by atoms with E-state index in [2.05, 4.69) is 20.2 Å².